The Hall–Kier alpha value is -3.55. The van der Waals surface area contributed by atoms with Gasteiger partial charge in [-0.1, -0.05) is 24.6 Å². The van der Waals surface area contributed by atoms with Crippen molar-refractivity contribution < 1.29 is 61.3 Å². The molecule has 1 aliphatic rings. The molecular formula is C23H18ClF10N5O4S. The van der Waals surface area contributed by atoms with Crippen LogP contribution in [0.3, 0.4) is 0 Å². The van der Waals surface area contributed by atoms with Gasteiger partial charge in [0.2, 0.25) is 0 Å². The predicted octanol–water partition coefficient (Wildman–Crippen LogP) is 6.12. The smallest absolute Gasteiger partial charge is 0.356 e. The third-order valence-electron chi connectivity index (χ3n) is 6.78. The number of rotatable bonds is 8. The molecular weight excluding hydrogens is 668 g/mol. The van der Waals surface area contributed by atoms with Gasteiger partial charge in [-0.3, -0.25) is 4.79 Å². The fourth-order valence-electron chi connectivity index (χ4n) is 4.16. The van der Waals surface area contributed by atoms with E-state index >= 15 is 0 Å². The van der Waals surface area contributed by atoms with Crippen molar-refractivity contribution in [3.8, 4) is 22.8 Å². The number of alkyl halides is 10. The Labute approximate surface area is 245 Å². The summed E-state index contributed by atoms with van der Waals surface area (Å²) in [6.07, 6.45) is -16.1. The summed E-state index contributed by atoms with van der Waals surface area (Å²) >= 11 is 6.16. The number of amides is 1. The number of carbonyl (C=O) groups excluding carboxylic acids is 1. The first kappa shape index (κ1) is 33.3. The Morgan fingerprint density at radius 1 is 1.05 bits per heavy atom. The lowest BCUT2D eigenvalue weighted by Crippen LogP contribution is -2.60. The Balaban J connectivity index is 1.76. The highest BCUT2D eigenvalue weighted by Gasteiger charge is 2.82. The number of nitrogens with zero attached hydrogens (tertiary/aromatic N) is 4. The quantitative estimate of drug-likeness (QED) is 0.226. The van der Waals surface area contributed by atoms with Crippen LogP contribution in [-0.4, -0.2) is 56.8 Å². The first-order chi connectivity index (χ1) is 20.0. The number of hydrogen-bond acceptors (Lipinski definition) is 6. The molecule has 0 unspecified atom stereocenters. The molecule has 3 aromatic rings. The second-order valence-corrected chi connectivity index (χ2v) is 11.8. The Morgan fingerprint density at radius 2 is 1.64 bits per heavy atom. The molecule has 0 radical (unpaired) electrons. The summed E-state index contributed by atoms with van der Waals surface area (Å²) < 4.78 is 162. The van der Waals surface area contributed by atoms with Gasteiger partial charge in [0, 0.05) is 24.3 Å². The standard InChI is InChI=1S/C23H18ClF10N5O4S/c1-3-19(6-7-19)36-16(40)13-8-11(4-5-14(13)24)12-9-35-39(10-12)18-15(20(25,26)27)17(37-38(18)2)43-44(41,42)21(28,22(29,30)31)23(32,33)34/h4-5,8-10H,3,6-7H2,1-2H3,(H,36,40). The van der Waals surface area contributed by atoms with Crippen LogP contribution in [0, 0.1) is 0 Å². The van der Waals surface area contributed by atoms with Crippen LogP contribution in [-0.2, 0) is 23.3 Å². The Kier molecular flexibility index (Phi) is 7.97. The average molecular weight is 686 g/mol. The molecule has 0 aliphatic heterocycles. The van der Waals surface area contributed by atoms with Gasteiger partial charge in [-0.05, 0) is 37.0 Å². The van der Waals surface area contributed by atoms with Crippen LogP contribution in [0.25, 0.3) is 16.9 Å². The van der Waals surface area contributed by atoms with Crippen LogP contribution >= 0.6 is 11.6 Å². The normalized spacial score (nSPS) is 15.8. The molecule has 9 nitrogen and oxygen atoms in total. The van der Waals surface area contributed by atoms with Gasteiger partial charge in [0.25, 0.3) is 11.8 Å². The topological polar surface area (TPSA) is 108 Å². The summed E-state index contributed by atoms with van der Waals surface area (Å²) in [7, 11) is -6.89. The van der Waals surface area contributed by atoms with Crippen molar-refractivity contribution >= 4 is 27.6 Å². The van der Waals surface area contributed by atoms with E-state index in [4.69, 9.17) is 11.6 Å². The van der Waals surface area contributed by atoms with E-state index in [0.29, 0.717) is 18.2 Å². The number of nitrogens with one attached hydrogen (secondary N) is 1. The van der Waals surface area contributed by atoms with Gasteiger partial charge >= 0.3 is 33.6 Å². The maximum absolute atomic E-state index is 14.2. The van der Waals surface area contributed by atoms with E-state index in [0.717, 1.165) is 25.2 Å². The molecule has 1 N–H and O–H groups in total. The lowest BCUT2D eigenvalue weighted by atomic mass is 10.0. The van der Waals surface area contributed by atoms with Crippen LogP contribution in [0.15, 0.2) is 30.6 Å². The molecule has 242 valence electrons. The number of benzene rings is 1. The molecule has 2 aromatic heterocycles. The van der Waals surface area contributed by atoms with Gasteiger partial charge in [-0.25, -0.2) is 13.8 Å². The molecule has 2 heterocycles. The van der Waals surface area contributed by atoms with E-state index < -0.39 is 56.8 Å². The largest absolute Gasteiger partial charge is 0.450 e. The maximum atomic E-state index is 14.2. The van der Waals surface area contributed by atoms with Crippen LogP contribution in [0.1, 0.15) is 42.1 Å². The van der Waals surface area contributed by atoms with Gasteiger partial charge in [0.15, 0.2) is 11.4 Å². The summed E-state index contributed by atoms with van der Waals surface area (Å²) in [5.74, 6) is -4.10. The number of halogens is 11. The fourth-order valence-corrected chi connectivity index (χ4v) is 5.37. The van der Waals surface area contributed by atoms with Crippen molar-refractivity contribution in [1.29, 1.82) is 0 Å². The molecule has 1 aliphatic carbocycles. The van der Waals surface area contributed by atoms with Crippen molar-refractivity contribution in [2.45, 2.75) is 55.3 Å². The van der Waals surface area contributed by atoms with Crippen molar-refractivity contribution in [1.82, 2.24) is 24.9 Å². The fraction of sp³-hybridized carbons (Fsp3) is 0.435. The molecule has 0 spiro atoms. The van der Waals surface area contributed by atoms with Crippen LogP contribution < -0.4 is 9.50 Å². The molecule has 0 saturated heterocycles. The number of aromatic nitrogens is 4. The molecule has 0 bridgehead atoms. The first-order valence-electron chi connectivity index (χ1n) is 12.1. The van der Waals surface area contributed by atoms with Crippen molar-refractivity contribution in [3.05, 3.63) is 46.7 Å². The SMILES string of the molecule is CCC1(NC(=O)c2cc(-c3cnn(-c4c(C(F)(F)F)c(OS(=O)(=O)C(F)(C(F)(F)F)C(F)(F)F)nn4C)c3)ccc2Cl)CC1. The average Bonchev–Trinajstić information content (AvgIpc) is 3.32. The Bertz CT molecular complexity index is 1690. The second kappa shape index (κ2) is 10.5. The predicted molar refractivity (Wildman–Crippen MR) is 131 cm³/mol. The zero-order valence-electron chi connectivity index (χ0n) is 22.0. The summed E-state index contributed by atoms with van der Waals surface area (Å²) in [6, 6.07) is 3.99. The van der Waals surface area contributed by atoms with Crippen molar-refractivity contribution in [2.75, 3.05) is 0 Å². The van der Waals surface area contributed by atoms with E-state index in [9.17, 15) is 57.1 Å². The molecule has 1 aromatic carbocycles. The molecule has 4 rings (SSSR count). The van der Waals surface area contributed by atoms with Gasteiger partial charge in [0.05, 0.1) is 16.8 Å². The maximum Gasteiger partial charge on any atom is 0.450 e. The van der Waals surface area contributed by atoms with Crippen molar-refractivity contribution in [3.63, 3.8) is 0 Å². The molecule has 44 heavy (non-hydrogen) atoms. The molecule has 21 heteroatoms. The third-order valence-corrected chi connectivity index (χ3v) is 8.64. The van der Waals surface area contributed by atoms with E-state index in [1.54, 1.807) is 0 Å². The van der Waals surface area contributed by atoms with Crippen LogP contribution in [0.5, 0.6) is 5.88 Å². The number of hydrogen-bond donors (Lipinski definition) is 1. The van der Waals surface area contributed by atoms with E-state index in [2.05, 4.69) is 19.7 Å². The lowest BCUT2D eigenvalue weighted by molar-refractivity contribution is -0.307. The van der Waals surface area contributed by atoms with Gasteiger partial charge < -0.3 is 9.50 Å². The van der Waals surface area contributed by atoms with Crippen molar-refractivity contribution in [2.24, 2.45) is 7.05 Å². The summed E-state index contributed by atoms with van der Waals surface area (Å²) in [5, 5.41) is 2.44. The lowest BCUT2D eigenvalue weighted by Gasteiger charge is -2.28. The summed E-state index contributed by atoms with van der Waals surface area (Å²) in [5.41, 5.74) is -2.44. The first-order valence-corrected chi connectivity index (χ1v) is 13.8. The molecule has 1 amide bonds. The second-order valence-electron chi connectivity index (χ2n) is 9.71. The molecule has 1 fully saturated rings. The highest BCUT2D eigenvalue weighted by molar-refractivity contribution is 7.88. The minimum Gasteiger partial charge on any atom is -0.356 e. The zero-order chi connectivity index (χ0) is 33.3. The summed E-state index contributed by atoms with van der Waals surface area (Å²) in [6.45, 7) is 1.87. The minimum absolute atomic E-state index is 0.0121. The monoisotopic (exact) mass is 685 g/mol. The molecule has 1 saturated carbocycles. The number of carbonyl (C=O) groups is 1. The van der Waals surface area contributed by atoms with E-state index in [-0.39, 0.29) is 31.9 Å². The zero-order valence-corrected chi connectivity index (χ0v) is 23.6. The highest BCUT2D eigenvalue weighted by atomic mass is 35.5. The third kappa shape index (κ3) is 5.68. The van der Waals surface area contributed by atoms with Gasteiger partial charge in [-0.15, -0.1) is 5.10 Å². The molecule has 0 atom stereocenters. The Morgan fingerprint density at radius 3 is 2.14 bits per heavy atom. The van der Waals surface area contributed by atoms with Gasteiger partial charge in [-0.2, -0.15) is 53.0 Å². The highest BCUT2D eigenvalue weighted by Crippen LogP contribution is 2.51. The van der Waals surface area contributed by atoms with E-state index in [1.165, 1.54) is 18.2 Å². The van der Waals surface area contributed by atoms with Crippen LogP contribution in [0.2, 0.25) is 5.02 Å². The number of aryl methyl sites for hydroxylation is 1. The van der Waals surface area contributed by atoms with E-state index in [1.807, 2.05) is 6.92 Å². The van der Waals surface area contributed by atoms with Gasteiger partial charge in [0.1, 0.15) is 0 Å². The summed E-state index contributed by atoms with van der Waals surface area (Å²) in [4.78, 5) is 12.8. The van der Waals surface area contributed by atoms with Crippen LogP contribution in [0.4, 0.5) is 43.9 Å². The minimum atomic E-state index is -7.60.